The van der Waals surface area contributed by atoms with Crippen molar-refractivity contribution in [2.45, 2.75) is 6.04 Å². The lowest BCUT2D eigenvalue weighted by atomic mass is 10.0. The molecule has 9 heteroatoms. The lowest BCUT2D eigenvalue weighted by molar-refractivity contribution is -0.117. The molecule has 0 aliphatic heterocycles. The molecule has 9 nitrogen and oxygen atoms in total. The molecule has 0 fully saturated rings. The minimum absolute atomic E-state index is 0.369. The first kappa shape index (κ1) is 24.6. The Hall–Kier alpha value is -4.50. The van der Waals surface area contributed by atoms with Crippen molar-refractivity contribution < 1.29 is 28.3 Å². The van der Waals surface area contributed by atoms with Crippen LogP contribution in [-0.2, 0) is 4.79 Å². The first-order valence-electron chi connectivity index (χ1n) is 11.1. The van der Waals surface area contributed by atoms with E-state index < -0.39 is 6.04 Å². The van der Waals surface area contributed by atoms with E-state index in [-0.39, 0.29) is 5.91 Å². The van der Waals surface area contributed by atoms with Crippen LogP contribution in [0, 0.1) is 0 Å². The largest absolute Gasteiger partial charge is 0.495 e. The van der Waals surface area contributed by atoms with Crippen molar-refractivity contribution in [3.63, 3.8) is 0 Å². The maximum absolute atomic E-state index is 12.9. The summed E-state index contributed by atoms with van der Waals surface area (Å²) in [5.41, 5.74) is 9.44. The van der Waals surface area contributed by atoms with Gasteiger partial charge in [0.25, 0.3) is 0 Å². The quantitative estimate of drug-likeness (QED) is 0.348. The second-order valence-corrected chi connectivity index (χ2v) is 7.78. The third kappa shape index (κ3) is 4.82. The monoisotopic (exact) mass is 489 g/mol. The smallest absolute Gasteiger partial charge is 0.245 e. The van der Waals surface area contributed by atoms with Gasteiger partial charge in [-0.05, 0) is 35.4 Å². The number of amides is 1. The van der Waals surface area contributed by atoms with Crippen LogP contribution in [0.3, 0.4) is 0 Å². The molecule has 0 aliphatic carbocycles. The van der Waals surface area contributed by atoms with Crippen molar-refractivity contribution in [2.24, 2.45) is 5.73 Å². The van der Waals surface area contributed by atoms with E-state index in [1.807, 2.05) is 24.3 Å². The first-order valence-corrected chi connectivity index (χ1v) is 11.1. The molecule has 1 heterocycles. The Morgan fingerprint density at radius 1 is 0.861 bits per heavy atom. The lowest BCUT2D eigenvalue weighted by Gasteiger charge is -2.16. The van der Waals surface area contributed by atoms with Crippen molar-refractivity contribution in [1.82, 2.24) is 5.16 Å². The van der Waals surface area contributed by atoms with E-state index >= 15 is 0 Å². The minimum Gasteiger partial charge on any atom is -0.495 e. The van der Waals surface area contributed by atoms with Crippen molar-refractivity contribution in [3.8, 4) is 45.4 Å². The van der Waals surface area contributed by atoms with E-state index in [9.17, 15) is 4.79 Å². The zero-order valence-electron chi connectivity index (χ0n) is 20.4. The number of hydrogen-bond acceptors (Lipinski definition) is 8. The molecule has 0 saturated carbocycles. The number of rotatable bonds is 9. The number of aromatic nitrogens is 1. The standard InChI is InChI=1S/C27H27N3O6/c1-32-21-11-10-17(12-20(21)30-27(31)24(28)16-8-6-5-7-9-16)19-15-29-36-25(19)18-13-22(33-2)26(35-4)23(14-18)34-3/h5-15,24H,28H2,1-4H3,(H,30,31). The van der Waals surface area contributed by atoms with Gasteiger partial charge in [-0.2, -0.15) is 0 Å². The molecule has 4 aromatic rings. The first-order chi connectivity index (χ1) is 17.5. The molecular formula is C27H27N3O6. The van der Waals surface area contributed by atoms with Crippen LogP contribution in [0.1, 0.15) is 11.6 Å². The molecular weight excluding hydrogens is 462 g/mol. The summed E-state index contributed by atoms with van der Waals surface area (Å²) in [6.07, 6.45) is 1.60. The molecule has 1 atom stereocenters. The normalized spacial score (nSPS) is 11.5. The fourth-order valence-corrected chi connectivity index (χ4v) is 3.86. The van der Waals surface area contributed by atoms with Crippen LogP contribution < -0.4 is 30.0 Å². The van der Waals surface area contributed by atoms with Gasteiger partial charge in [-0.15, -0.1) is 0 Å². The van der Waals surface area contributed by atoms with E-state index in [1.54, 1.807) is 56.8 Å². The van der Waals surface area contributed by atoms with Gasteiger partial charge in [-0.3, -0.25) is 4.79 Å². The van der Waals surface area contributed by atoms with Gasteiger partial charge in [0.1, 0.15) is 11.8 Å². The average molecular weight is 490 g/mol. The Morgan fingerprint density at radius 2 is 1.53 bits per heavy atom. The van der Waals surface area contributed by atoms with Crippen LogP contribution in [0.2, 0.25) is 0 Å². The molecule has 1 unspecified atom stereocenters. The molecule has 3 N–H and O–H groups in total. The Kier molecular flexibility index (Phi) is 7.41. The summed E-state index contributed by atoms with van der Waals surface area (Å²) in [4.78, 5) is 12.9. The van der Waals surface area contributed by atoms with Crippen LogP contribution in [0.4, 0.5) is 5.69 Å². The molecule has 0 aliphatic rings. The van der Waals surface area contributed by atoms with Crippen molar-refractivity contribution in [3.05, 3.63) is 72.4 Å². The number of carbonyl (C=O) groups excluding carboxylic acids is 1. The second kappa shape index (κ2) is 10.8. The van der Waals surface area contributed by atoms with Gasteiger partial charge in [-0.25, -0.2) is 0 Å². The molecule has 0 bridgehead atoms. The molecule has 0 spiro atoms. The number of benzene rings is 3. The average Bonchev–Trinajstić information content (AvgIpc) is 3.42. The Labute approximate surface area is 208 Å². The molecule has 36 heavy (non-hydrogen) atoms. The summed E-state index contributed by atoms with van der Waals surface area (Å²) >= 11 is 0. The van der Waals surface area contributed by atoms with E-state index in [0.717, 1.165) is 5.56 Å². The highest BCUT2D eigenvalue weighted by atomic mass is 16.5. The number of anilines is 1. The highest BCUT2D eigenvalue weighted by Gasteiger charge is 2.21. The number of ether oxygens (including phenoxy) is 4. The van der Waals surface area contributed by atoms with E-state index in [2.05, 4.69) is 10.5 Å². The zero-order valence-corrected chi connectivity index (χ0v) is 20.4. The van der Waals surface area contributed by atoms with Gasteiger partial charge in [-0.1, -0.05) is 41.6 Å². The summed E-state index contributed by atoms with van der Waals surface area (Å²) in [6.45, 7) is 0. The predicted molar refractivity (Wildman–Crippen MR) is 136 cm³/mol. The Morgan fingerprint density at radius 3 is 2.14 bits per heavy atom. The third-order valence-corrected chi connectivity index (χ3v) is 5.71. The predicted octanol–water partition coefficient (Wildman–Crippen LogP) is 4.68. The SMILES string of the molecule is COc1ccc(-c2cnoc2-c2cc(OC)c(OC)c(OC)c2)cc1NC(=O)C(N)c1ccccc1. The fraction of sp³-hybridized carbons (Fsp3) is 0.185. The van der Waals surface area contributed by atoms with Crippen LogP contribution in [0.15, 0.2) is 71.4 Å². The van der Waals surface area contributed by atoms with Gasteiger partial charge in [0.05, 0.1) is 40.3 Å². The van der Waals surface area contributed by atoms with Crippen molar-refractivity contribution in [1.29, 1.82) is 0 Å². The fourth-order valence-electron chi connectivity index (χ4n) is 3.86. The number of nitrogens with one attached hydrogen (secondary N) is 1. The Bertz CT molecular complexity index is 1330. The van der Waals surface area contributed by atoms with Gasteiger partial charge < -0.3 is 34.5 Å². The van der Waals surface area contributed by atoms with E-state index in [0.29, 0.717) is 51.1 Å². The molecule has 3 aromatic carbocycles. The van der Waals surface area contributed by atoms with Crippen LogP contribution >= 0.6 is 0 Å². The highest BCUT2D eigenvalue weighted by molar-refractivity contribution is 5.97. The van der Waals surface area contributed by atoms with Crippen molar-refractivity contribution >= 4 is 11.6 Å². The van der Waals surface area contributed by atoms with Crippen LogP contribution in [-0.4, -0.2) is 39.5 Å². The zero-order chi connectivity index (χ0) is 25.7. The van der Waals surface area contributed by atoms with E-state index in [1.165, 1.54) is 14.2 Å². The summed E-state index contributed by atoms with van der Waals surface area (Å²) in [5.74, 6) is 2.02. The second-order valence-electron chi connectivity index (χ2n) is 7.78. The number of hydrogen-bond donors (Lipinski definition) is 2. The van der Waals surface area contributed by atoms with Gasteiger partial charge in [0.2, 0.25) is 11.7 Å². The van der Waals surface area contributed by atoms with Gasteiger partial charge >= 0.3 is 0 Å². The summed E-state index contributed by atoms with van der Waals surface area (Å²) < 4.78 is 27.4. The topological polar surface area (TPSA) is 118 Å². The summed E-state index contributed by atoms with van der Waals surface area (Å²) in [6, 6.07) is 17.2. The van der Waals surface area contributed by atoms with Gasteiger partial charge in [0.15, 0.2) is 17.3 Å². The lowest BCUT2D eigenvalue weighted by Crippen LogP contribution is -2.27. The highest BCUT2D eigenvalue weighted by Crippen LogP contribution is 2.44. The molecule has 0 saturated heterocycles. The van der Waals surface area contributed by atoms with Gasteiger partial charge in [0, 0.05) is 11.1 Å². The Balaban J connectivity index is 1.71. The molecule has 0 radical (unpaired) electrons. The van der Waals surface area contributed by atoms with Crippen LogP contribution in [0.5, 0.6) is 23.0 Å². The number of nitrogens with two attached hydrogens (primary N) is 1. The molecule has 1 aromatic heterocycles. The maximum Gasteiger partial charge on any atom is 0.245 e. The molecule has 186 valence electrons. The molecule has 4 rings (SSSR count). The number of nitrogens with zero attached hydrogens (tertiary/aromatic N) is 1. The summed E-state index contributed by atoms with van der Waals surface area (Å²) in [7, 11) is 6.15. The number of carbonyl (C=O) groups is 1. The number of methoxy groups -OCH3 is 4. The van der Waals surface area contributed by atoms with Crippen molar-refractivity contribution in [2.75, 3.05) is 33.8 Å². The van der Waals surface area contributed by atoms with Crippen LogP contribution in [0.25, 0.3) is 22.5 Å². The molecule has 1 amide bonds. The third-order valence-electron chi connectivity index (χ3n) is 5.71. The van der Waals surface area contributed by atoms with E-state index in [4.69, 9.17) is 29.2 Å². The summed E-state index contributed by atoms with van der Waals surface area (Å²) in [5, 5.41) is 6.88. The maximum atomic E-state index is 12.9. The minimum atomic E-state index is -0.843.